The summed E-state index contributed by atoms with van der Waals surface area (Å²) >= 11 is 1.46. The summed E-state index contributed by atoms with van der Waals surface area (Å²) in [6.45, 7) is 6.28. The number of carbonyl (C=O) groups is 1. The van der Waals surface area contributed by atoms with Gasteiger partial charge in [0.1, 0.15) is 0 Å². The van der Waals surface area contributed by atoms with Crippen LogP contribution in [0.15, 0.2) is 40.5 Å². The van der Waals surface area contributed by atoms with Crippen molar-refractivity contribution in [3.8, 4) is 0 Å². The van der Waals surface area contributed by atoms with Crippen molar-refractivity contribution in [2.45, 2.75) is 60.9 Å². The standard InChI is InChI=1S/C26H33N5O5S2/c32-25(28-26-27-14-21(37-26)16-30-11-12-31-10-1-2-19(31)15-30)24(29-36-20-9-13-35-17-20)18-3-5-22(6-4-18)38(33,34)23-7-8-23/h3-6,14,19-20,23H,1-2,7-13,15-17H2,(H,27,28,32)/b29-24+/t19-,20+/m0/s1. The van der Waals surface area contributed by atoms with Gasteiger partial charge in [-0.2, -0.15) is 0 Å². The van der Waals surface area contributed by atoms with E-state index in [-0.39, 0.29) is 22.0 Å². The van der Waals surface area contributed by atoms with Crippen LogP contribution in [0.5, 0.6) is 0 Å². The second-order valence-corrected chi connectivity index (χ2v) is 13.8. The van der Waals surface area contributed by atoms with Gasteiger partial charge in [0.15, 0.2) is 26.8 Å². The maximum Gasteiger partial charge on any atom is 0.280 e. The lowest BCUT2D eigenvalue weighted by molar-refractivity contribution is -0.110. The first-order chi connectivity index (χ1) is 18.5. The number of nitrogens with zero attached hydrogens (tertiary/aromatic N) is 4. The summed E-state index contributed by atoms with van der Waals surface area (Å²) < 4.78 is 30.5. The van der Waals surface area contributed by atoms with Gasteiger partial charge >= 0.3 is 0 Å². The minimum atomic E-state index is -3.32. The number of rotatable bonds is 9. The van der Waals surface area contributed by atoms with Crippen LogP contribution in [0.2, 0.25) is 0 Å². The number of thiazole rings is 1. The summed E-state index contributed by atoms with van der Waals surface area (Å²) in [5.41, 5.74) is 0.545. The number of sulfone groups is 1. The van der Waals surface area contributed by atoms with E-state index in [9.17, 15) is 13.2 Å². The zero-order chi connectivity index (χ0) is 26.1. The molecule has 0 bridgehead atoms. The van der Waals surface area contributed by atoms with Crippen molar-refractivity contribution >= 4 is 37.9 Å². The van der Waals surface area contributed by atoms with Crippen molar-refractivity contribution in [2.24, 2.45) is 5.16 Å². The van der Waals surface area contributed by atoms with Gasteiger partial charge in [-0.3, -0.25) is 19.9 Å². The highest BCUT2D eigenvalue weighted by molar-refractivity contribution is 7.92. The van der Waals surface area contributed by atoms with Crippen LogP contribution in [0.25, 0.3) is 0 Å². The van der Waals surface area contributed by atoms with Gasteiger partial charge in [-0.1, -0.05) is 17.3 Å². The molecule has 0 unspecified atom stereocenters. The van der Waals surface area contributed by atoms with Gasteiger partial charge in [-0.05, 0) is 44.4 Å². The second-order valence-electron chi connectivity index (χ2n) is 10.5. The van der Waals surface area contributed by atoms with Gasteiger partial charge in [0.2, 0.25) is 0 Å². The number of hydrogen-bond acceptors (Lipinski definition) is 10. The van der Waals surface area contributed by atoms with Gasteiger partial charge in [-0.25, -0.2) is 13.4 Å². The van der Waals surface area contributed by atoms with Crippen LogP contribution in [0.3, 0.4) is 0 Å². The van der Waals surface area contributed by atoms with Crippen LogP contribution in [0.4, 0.5) is 5.13 Å². The smallest absolute Gasteiger partial charge is 0.280 e. The molecule has 1 amide bonds. The number of ether oxygens (including phenoxy) is 1. The summed E-state index contributed by atoms with van der Waals surface area (Å²) in [6, 6.07) is 6.95. The molecule has 1 aromatic heterocycles. The quantitative estimate of drug-likeness (QED) is 0.368. The predicted molar refractivity (Wildman–Crippen MR) is 144 cm³/mol. The van der Waals surface area contributed by atoms with Gasteiger partial charge in [0, 0.05) is 55.3 Å². The molecule has 0 spiro atoms. The summed E-state index contributed by atoms with van der Waals surface area (Å²) in [7, 11) is -3.32. The Morgan fingerprint density at radius 3 is 2.76 bits per heavy atom. The highest BCUT2D eigenvalue weighted by Crippen LogP contribution is 2.33. The third kappa shape index (κ3) is 5.79. The number of oxime groups is 1. The van der Waals surface area contributed by atoms with Crippen LogP contribution in [-0.4, -0.2) is 91.6 Å². The molecule has 12 heteroatoms. The van der Waals surface area contributed by atoms with Crippen LogP contribution in [-0.2, 0) is 30.8 Å². The molecule has 4 fully saturated rings. The first-order valence-corrected chi connectivity index (χ1v) is 15.7. The van der Waals surface area contributed by atoms with Gasteiger partial charge < -0.3 is 9.57 Å². The number of aromatic nitrogens is 1. The zero-order valence-corrected chi connectivity index (χ0v) is 22.9. The maximum atomic E-state index is 13.3. The van der Waals surface area contributed by atoms with E-state index in [1.165, 1.54) is 42.9 Å². The molecule has 10 nitrogen and oxygen atoms in total. The van der Waals surface area contributed by atoms with Crippen molar-refractivity contribution in [3.63, 3.8) is 0 Å². The molecule has 204 valence electrons. The first-order valence-electron chi connectivity index (χ1n) is 13.3. The third-order valence-corrected chi connectivity index (χ3v) is 10.8. The number of piperazine rings is 1. The van der Waals surface area contributed by atoms with Crippen molar-refractivity contribution in [1.29, 1.82) is 0 Å². The second kappa shape index (κ2) is 11.0. The Balaban J connectivity index is 1.14. The molecule has 0 radical (unpaired) electrons. The molecule has 1 N–H and O–H groups in total. The fourth-order valence-electron chi connectivity index (χ4n) is 5.34. The van der Waals surface area contributed by atoms with E-state index < -0.39 is 15.7 Å². The van der Waals surface area contributed by atoms with E-state index in [0.29, 0.717) is 49.2 Å². The molecule has 6 rings (SSSR count). The third-order valence-electron chi connectivity index (χ3n) is 7.64. The van der Waals surface area contributed by atoms with E-state index in [1.54, 1.807) is 12.1 Å². The first kappa shape index (κ1) is 25.9. The predicted octanol–water partition coefficient (Wildman–Crippen LogP) is 2.51. The fourth-order valence-corrected chi connectivity index (χ4v) is 7.84. The molecule has 1 aliphatic carbocycles. The lowest BCUT2D eigenvalue weighted by Gasteiger charge is -2.37. The number of hydrogen-bond donors (Lipinski definition) is 1. The van der Waals surface area contributed by atoms with Gasteiger partial charge in [-0.15, -0.1) is 11.3 Å². The zero-order valence-electron chi connectivity index (χ0n) is 21.3. The molecule has 3 aliphatic heterocycles. The molecule has 38 heavy (non-hydrogen) atoms. The van der Waals surface area contributed by atoms with E-state index in [1.807, 2.05) is 6.20 Å². The van der Waals surface area contributed by atoms with Crippen molar-refractivity contribution < 1.29 is 22.8 Å². The lowest BCUT2D eigenvalue weighted by Crippen LogP contribution is -2.49. The Kier molecular flexibility index (Phi) is 7.50. The fraction of sp³-hybridized carbons (Fsp3) is 0.577. The Bertz CT molecular complexity index is 1290. The molecule has 3 saturated heterocycles. The number of anilines is 1. The van der Waals surface area contributed by atoms with Gasteiger partial charge in [0.25, 0.3) is 5.91 Å². The Labute approximate surface area is 226 Å². The average Bonchev–Trinajstić information content (AvgIpc) is 3.25. The normalized spacial score (nSPS) is 24.9. The van der Waals surface area contributed by atoms with Crippen molar-refractivity contribution in [2.75, 3.05) is 44.7 Å². The van der Waals surface area contributed by atoms with E-state index >= 15 is 0 Å². The highest BCUT2D eigenvalue weighted by atomic mass is 32.2. The SMILES string of the molecule is O=C(Nc1ncc(CN2CCN3CCC[C@H]3C2)s1)/C(=N/O[C@@H]1CCOC1)c1ccc(S(=O)(=O)C2CC2)cc1. The van der Waals surface area contributed by atoms with Crippen LogP contribution in [0, 0.1) is 0 Å². The van der Waals surface area contributed by atoms with Crippen LogP contribution >= 0.6 is 11.3 Å². The Morgan fingerprint density at radius 2 is 2.00 bits per heavy atom. The number of fused-ring (bicyclic) bond motifs is 1. The van der Waals surface area contributed by atoms with Crippen LogP contribution in [0.1, 0.15) is 42.5 Å². The van der Waals surface area contributed by atoms with Crippen LogP contribution < -0.4 is 5.32 Å². The summed E-state index contributed by atoms with van der Waals surface area (Å²) in [5, 5.41) is 7.25. The summed E-state index contributed by atoms with van der Waals surface area (Å²) in [4.78, 5) is 29.8. The molecular weight excluding hydrogens is 526 g/mol. The lowest BCUT2D eigenvalue weighted by atomic mass is 10.1. The number of carbonyl (C=O) groups excluding carboxylic acids is 1. The summed E-state index contributed by atoms with van der Waals surface area (Å²) in [6.07, 6.45) is 6.25. The van der Waals surface area contributed by atoms with E-state index in [0.717, 1.165) is 31.1 Å². The molecular formula is C26H33N5O5S2. The molecule has 1 aromatic carbocycles. The van der Waals surface area contributed by atoms with E-state index in [2.05, 4.69) is 25.3 Å². The molecule has 4 heterocycles. The van der Waals surface area contributed by atoms with E-state index in [4.69, 9.17) is 9.57 Å². The number of amides is 1. The minimum Gasteiger partial charge on any atom is -0.389 e. The molecule has 4 aliphatic rings. The molecule has 2 atom stereocenters. The molecule has 2 aromatic rings. The maximum absolute atomic E-state index is 13.3. The van der Waals surface area contributed by atoms with Gasteiger partial charge in [0.05, 0.1) is 23.4 Å². The Morgan fingerprint density at radius 1 is 1.16 bits per heavy atom. The van der Waals surface area contributed by atoms with Crippen molar-refractivity contribution in [3.05, 3.63) is 40.9 Å². The average molecular weight is 560 g/mol. The number of benzene rings is 1. The highest BCUT2D eigenvalue weighted by Gasteiger charge is 2.37. The Hall–Kier alpha value is -2.38. The minimum absolute atomic E-state index is 0.0707. The number of nitrogens with one attached hydrogen (secondary N) is 1. The largest absolute Gasteiger partial charge is 0.389 e. The molecule has 1 saturated carbocycles. The summed E-state index contributed by atoms with van der Waals surface area (Å²) in [5.74, 6) is -0.456. The monoisotopic (exact) mass is 559 g/mol. The topological polar surface area (TPSA) is 113 Å². The van der Waals surface area contributed by atoms with Crippen molar-refractivity contribution in [1.82, 2.24) is 14.8 Å².